The topological polar surface area (TPSA) is 45.1 Å². The molecule has 0 saturated heterocycles. The first-order valence-corrected chi connectivity index (χ1v) is 7.99. The van der Waals surface area contributed by atoms with Crippen molar-refractivity contribution < 1.29 is 5.11 Å². The number of aliphatic hydroxyl groups excluding tert-OH is 1. The van der Waals surface area contributed by atoms with Crippen LogP contribution in [0.2, 0.25) is 0 Å². The summed E-state index contributed by atoms with van der Waals surface area (Å²) in [5, 5.41) is 14.4. The van der Waals surface area contributed by atoms with E-state index in [4.69, 9.17) is 4.98 Å². The second-order valence-electron chi connectivity index (χ2n) is 5.65. The maximum absolute atomic E-state index is 9.64. The van der Waals surface area contributed by atoms with E-state index in [9.17, 15) is 5.11 Å². The van der Waals surface area contributed by atoms with Gasteiger partial charge in [0.2, 0.25) is 0 Å². The molecule has 1 heterocycles. The van der Waals surface area contributed by atoms with Gasteiger partial charge in [-0.3, -0.25) is 0 Å². The highest BCUT2D eigenvalue weighted by atomic mass is 32.1. The van der Waals surface area contributed by atoms with Gasteiger partial charge in [-0.15, -0.1) is 11.3 Å². The van der Waals surface area contributed by atoms with E-state index in [0.29, 0.717) is 5.92 Å². The minimum Gasteiger partial charge on any atom is -0.393 e. The Hall–Kier alpha value is -0.450. The number of rotatable bonds is 4. The molecular weight excluding hydrogens is 244 g/mol. The maximum Gasteiger partial charge on any atom is 0.107 e. The average Bonchev–Trinajstić information content (AvgIpc) is 2.89. The highest BCUT2D eigenvalue weighted by molar-refractivity contribution is 7.11. The van der Waals surface area contributed by atoms with Gasteiger partial charge in [-0.2, -0.15) is 0 Å². The van der Waals surface area contributed by atoms with Crippen LogP contribution in [0.15, 0.2) is 0 Å². The molecule has 1 saturated carbocycles. The first kappa shape index (κ1) is 12.6. The Labute approximate surface area is 113 Å². The van der Waals surface area contributed by atoms with Crippen molar-refractivity contribution in [1.29, 1.82) is 0 Å². The van der Waals surface area contributed by atoms with Crippen molar-refractivity contribution in [3.05, 3.63) is 15.6 Å². The molecule has 2 aliphatic rings. The maximum atomic E-state index is 9.64. The monoisotopic (exact) mass is 266 g/mol. The molecule has 0 spiro atoms. The quantitative estimate of drug-likeness (QED) is 0.879. The van der Waals surface area contributed by atoms with E-state index in [2.05, 4.69) is 5.32 Å². The lowest BCUT2D eigenvalue weighted by Crippen LogP contribution is -2.28. The fourth-order valence-corrected chi connectivity index (χ4v) is 4.28. The predicted octanol–water partition coefficient (Wildman–Crippen LogP) is 2.27. The second-order valence-corrected chi connectivity index (χ2v) is 6.82. The van der Waals surface area contributed by atoms with Crippen molar-refractivity contribution in [1.82, 2.24) is 10.3 Å². The zero-order chi connectivity index (χ0) is 12.4. The Morgan fingerprint density at radius 2 is 2.22 bits per heavy atom. The molecule has 2 unspecified atom stereocenters. The molecule has 2 N–H and O–H groups in total. The van der Waals surface area contributed by atoms with Crippen LogP contribution < -0.4 is 5.32 Å². The number of hydrogen-bond donors (Lipinski definition) is 2. The van der Waals surface area contributed by atoms with Crippen LogP contribution in [-0.2, 0) is 19.4 Å². The van der Waals surface area contributed by atoms with E-state index in [0.717, 1.165) is 25.9 Å². The molecule has 3 nitrogen and oxygen atoms in total. The Balaban J connectivity index is 1.43. The zero-order valence-corrected chi connectivity index (χ0v) is 11.6. The molecule has 1 fully saturated rings. The van der Waals surface area contributed by atoms with Gasteiger partial charge in [0.15, 0.2) is 0 Å². The van der Waals surface area contributed by atoms with Gasteiger partial charge in [0.25, 0.3) is 0 Å². The largest absolute Gasteiger partial charge is 0.393 e. The zero-order valence-electron chi connectivity index (χ0n) is 10.8. The van der Waals surface area contributed by atoms with Crippen molar-refractivity contribution in [3.63, 3.8) is 0 Å². The minimum absolute atomic E-state index is 0.0609. The van der Waals surface area contributed by atoms with E-state index in [-0.39, 0.29) is 6.10 Å². The molecule has 0 aliphatic heterocycles. The van der Waals surface area contributed by atoms with Gasteiger partial charge >= 0.3 is 0 Å². The van der Waals surface area contributed by atoms with E-state index >= 15 is 0 Å². The van der Waals surface area contributed by atoms with Gasteiger partial charge in [-0.1, -0.05) is 6.42 Å². The third-order valence-corrected chi connectivity index (χ3v) is 5.26. The number of fused-ring (bicyclic) bond motifs is 1. The number of nitrogens with zero attached hydrogens (tertiary/aromatic N) is 1. The highest BCUT2D eigenvalue weighted by Crippen LogP contribution is 2.27. The Morgan fingerprint density at radius 1 is 1.28 bits per heavy atom. The van der Waals surface area contributed by atoms with Gasteiger partial charge in [-0.25, -0.2) is 4.98 Å². The van der Waals surface area contributed by atoms with Gasteiger partial charge < -0.3 is 10.4 Å². The number of aryl methyl sites for hydroxylation is 2. The van der Waals surface area contributed by atoms with Crippen molar-refractivity contribution in [2.45, 2.75) is 57.6 Å². The third kappa shape index (κ3) is 2.92. The fourth-order valence-electron chi connectivity index (χ4n) is 3.15. The molecule has 1 aromatic rings. The first-order chi connectivity index (χ1) is 8.81. The summed E-state index contributed by atoms with van der Waals surface area (Å²) in [5.41, 5.74) is 1.35. The molecule has 2 aliphatic carbocycles. The normalized spacial score (nSPS) is 27.4. The number of aliphatic hydroxyl groups is 1. The van der Waals surface area contributed by atoms with E-state index in [1.807, 2.05) is 11.3 Å². The summed E-state index contributed by atoms with van der Waals surface area (Å²) >= 11 is 1.89. The summed E-state index contributed by atoms with van der Waals surface area (Å²) in [5.74, 6) is 0.653. The predicted molar refractivity (Wildman–Crippen MR) is 73.8 cm³/mol. The van der Waals surface area contributed by atoms with Crippen LogP contribution in [0.1, 0.15) is 47.7 Å². The van der Waals surface area contributed by atoms with E-state index in [1.54, 1.807) is 0 Å². The first-order valence-electron chi connectivity index (χ1n) is 7.17. The highest BCUT2D eigenvalue weighted by Gasteiger charge is 2.20. The third-order valence-electron chi connectivity index (χ3n) is 4.10. The number of hydrogen-bond acceptors (Lipinski definition) is 4. The Morgan fingerprint density at radius 3 is 3.06 bits per heavy atom. The van der Waals surface area contributed by atoms with Crippen LogP contribution in [0.5, 0.6) is 0 Å². The van der Waals surface area contributed by atoms with Gasteiger partial charge in [-0.05, 0) is 51.0 Å². The summed E-state index contributed by atoms with van der Waals surface area (Å²) < 4.78 is 0. The number of aromatic nitrogens is 1. The lowest BCUT2D eigenvalue weighted by Gasteiger charge is -2.25. The van der Waals surface area contributed by atoms with Crippen LogP contribution in [0.25, 0.3) is 0 Å². The van der Waals surface area contributed by atoms with Crippen LogP contribution in [0, 0.1) is 5.92 Å². The number of thiazole rings is 1. The van der Waals surface area contributed by atoms with Crippen molar-refractivity contribution in [2.75, 3.05) is 6.54 Å². The molecule has 18 heavy (non-hydrogen) atoms. The summed E-state index contributed by atoms with van der Waals surface area (Å²) in [4.78, 5) is 6.21. The van der Waals surface area contributed by atoms with Crippen LogP contribution in [-0.4, -0.2) is 22.7 Å². The molecule has 0 aromatic carbocycles. The van der Waals surface area contributed by atoms with Crippen LogP contribution in [0.4, 0.5) is 0 Å². The standard InChI is InChI=1S/C14H22N2OS/c17-11-4-1-3-10(7-11)8-15-9-14-16-12-5-2-6-13(12)18-14/h10-11,15,17H,1-9H2. The lowest BCUT2D eigenvalue weighted by molar-refractivity contribution is 0.101. The van der Waals surface area contributed by atoms with E-state index < -0.39 is 0 Å². The molecule has 100 valence electrons. The molecule has 0 amide bonds. The molecule has 0 radical (unpaired) electrons. The SMILES string of the molecule is OC1CCCC(CNCc2nc3c(s2)CCC3)C1. The Bertz CT molecular complexity index is 383. The van der Waals surface area contributed by atoms with Crippen molar-refractivity contribution in [2.24, 2.45) is 5.92 Å². The summed E-state index contributed by atoms with van der Waals surface area (Å²) in [6, 6.07) is 0. The van der Waals surface area contributed by atoms with Gasteiger partial charge in [0.05, 0.1) is 11.8 Å². The fraction of sp³-hybridized carbons (Fsp3) is 0.786. The molecule has 0 bridgehead atoms. The molecule has 2 atom stereocenters. The number of nitrogens with one attached hydrogen (secondary N) is 1. The average molecular weight is 266 g/mol. The Kier molecular flexibility index (Phi) is 3.97. The summed E-state index contributed by atoms with van der Waals surface area (Å²) in [6.07, 6.45) is 8.06. The van der Waals surface area contributed by atoms with Crippen LogP contribution in [0.3, 0.4) is 0 Å². The second kappa shape index (κ2) is 5.68. The minimum atomic E-state index is -0.0609. The van der Waals surface area contributed by atoms with Gasteiger partial charge in [0, 0.05) is 11.4 Å². The molecule has 3 rings (SSSR count). The van der Waals surface area contributed by atoms with Crippen molar-refractivity contribution in [3.8, 4) is 0 Å². The van der Waals surface area contributed by atoms with Crippen LogP contribution >= 0.6 is 11.3 Å². The summed E-state index contributed by atoms with van der Waals surface area (Å²) in [6.45, 7) is 1.94. The summed E-state index contributed by atoms with van der Waals surface area (Å²) in [7, 11) is 0. The smallest absolute Gasteiger partial charge is 0.107 e. The molecular formula is C14H22N2OS. The van der Waals surface area contributed by atoms with Crippen molar-refractivity contribution >= 4 is 11.3 Å². The van der Waals surface area contributed by atoms with E-state index in [1.165, 1.54) is 47.7 Å². The lowest BCUT2D eigenvalue weighted by atomic mass is 9.87. The van der Waals surface area contributed by atoms with Gasteiger partial charge in [0.1, 0.15) is 5.01 Å². The molecule has 4 heteroatoms. The molecule has 1 aromatic heterocycles.